The summed E-state index contributed by atoms with van der Waals surface area (Å²) in [6, 6.07) is 6.33. The molecule has 4 heteroatoms. The van der Waals surface area contributed by atoms with Crippen LogP contribution in [0.15, 0.2) is 24.4 Å². The van der Waals surface area contributed by atoms with E-state index in [1.807, 2.05) is 30.1 Å². The Morgan fingerprint density at radius 3 is 2.63 bits per heavy atom. The summed E-state index contributed by atoms with van der Waals surface area (Å²) in [5.74, 6) is 0. The number of hydrogen-bond donors (Lipinski definition) is 1. The van der Waals surface area contributed by atoms with E-state index in [1.165, 1.54) is 11.3 Å². The molecule has 0 radical (unpaired) electrons. The van der Waals surface area contributed by atoms with Crippen LogP contribution in [-0.2, 0) is 13.5 Å². The predicted molar refractivity (Wildman–Crippen MR) is 77.0 cm³/mol. The van der Waals surface area contributed by atoms with Gasteiger partial charge in [-0.3, -0.25) is 9.67 Å². The highest BCUT2D eigenvalue weighted by Crippen LogP contribution is 2.23. The van der Waals surface area contributed by atoms with Gasteiger partial charge in [0, 0.05) is 42.7 Å². The van der Waals surface area contributed by atoms with Gasteiger partial charge in [-0.1, -0.05) is 13.0 Å². The van der Waals surface area contributed by atoms with Crippen molar-refractivity contribution in [1.29, 1.82) is 0 Å². The van der Waals surface area contributed by atoms with Gasteiger partial charge in [-0.15, -0.1) is 0 Å². The lowest BCUT2D eigenvalue weighted by Gasteiger charge is -2.18. The molecule has 0 saturated heterocycles. The molecule has 0 aromatic carbocycles. The van der Waals surface area contributed by atoms with Crippen molar-refractivity contribution in [2.24, 2.45) is 7.05 Å². The largest absolute Gasteiger partial charge is 0.310 e. The van der Waals surface area contributed by atoms with E-state index in [0.29, 0.717) is 0 Å². The minimum absolute atomic E-state index is 0.272. The van der Waals surface area contributed by atoms with E-state index < -0.39 is 0 Å². The highest BCUT2D eigenvalue weighted by molar-refractivity contribution is 5.29. The molecular weight excluding hydrogens is 236 g/mol. The van der Waals surface area contributed by atoms with Crippen LogP contribution >= 0.6 is 0 Å². The number of aryl methyl sites for hydroxylation is 2. The standard InChI is InChI=1S/C15H22N4/c1-5-16-14(10-13-8-6-7-9-17-13)15-11(2)18-19(4)12(15)3/h6-9,14,16H,5,10H2,1-4H3. The molecule has 0 spiro atoms. The van der Waals surface area contributed by atoms with Crippen molar-refractivity contribution in [3.63, 3.8) is 0 Å². The van der Waals surface area contributed by atoms with Crippen molar-refractivity contribution >= 4 is 0 Å². The van der Waals surface area contributed by atoms with Gasteiger partial charge in [-0.05, 0) is 32.5 Å². The zero-order valence-electron chi connectivity index (χ0n) is 12.1. The maximum absolute atomic E-state index is 4.51. The normalized spacial score (nSPS) is 12.6. The Balaban J connectivity index is 2.30. The molecule has 1 unspecified atom stereocenters. The molecule has 0 aliphatic heterocycles. The van der Waals surface area contributed by atoms with Crippen LogP contribution in [0.3, 0.4) is 0 Å². The topological polar surface area (TPSA) is 42.7 Å². The van der Waals surface area contributed by atoms with E-state index in [9.17, 15) is 0 Å². The molecule has 2 aromatic heterocycles. The molecule has 0 aliphatic rings. The number of rotatable bonds is 5. The zero-order chi connectivity index (χ0) is 13.8. The third kappa shape index (κ3) is 3.01. The first-order valence-corrected chi connectivity index (χ1v) is 6.76. The first-order chi connectivity index (χ1) is 9.13. The van der Waals surface area contributed by atoms with Crippen molar-refractivity contribution in [3.8, 4) is 0 Å². The van der Waals surface area contributed by atoms with Crippen molar-refractivity contribution < 1.29 is 0 Å². The van der Waals surface area contributed by atoms with Gasteiger partial charge >= 0.3 is 0 Å². The molecule has 0 fully saturated rings. The van der Waals surface area contributed by atoms with Gasteiger partial charge in [-0.2, -0.15) is 5.10 Å². The Morgan fingerprint density at radius 2 is 2.11 bits per heavy atom. The van der Waals surface area contributed by atoms with E-state index in [4.69, 9.17) is 0 Å². The van der Waals surface area contributed by atoms with E-state index in [0.717, 1.165) is 24.4 Å². The lowest BCUT2D eigenvalue weighted by Crippen LogP contribution is -2.24. The van der Waals surface area contributed by atoms with Crippen LogP contribution in [0.1, 0.15) is 35.6 Å². The first-order valence-electron chi connectivity index (χ1n) is 6.76. The Kier molecular flexibility index (Phi) is 4.32. The summed E-state index contributed by atoms with van der Waals surface area (Å²) in [7, 11) is 2.00. The molecule has 0 aliphatic carbocycles. The SMILES string of the molecule is CCNC(Cc1ccccn1)c1c(C)nn(C)c1C. The molecule has 102 valence electrons. The lowest BCUT2D eigenvalue weighted by atomic mass is 9.99. The number of hydrogen-bond acceptors (Lipinski definition) is 3. The molecule has 2 rings (SSSR count). The van der Waals surface area contributed by atoms with Crippen LogP contribution in [0.25, 0.3) is 0 Å². The summed E-state index contributed by atoms with van der Waals surface area (Å²) in [4.78, 5) is 4.43. The first kappa shape index (κ1) is 13.7. The summed E-state index contributed by atoms with van der Waals surface area (Å²) in [6.45, 7) is 7.26. The Morgan fingerprint density at radius 1 is 1.32 bits per heavy atom. The second-order valence-electron chi connectivity index (χ2n) is 4.84. The smallest absolute Gasteiger partial charge is 0.0644 e. The van der Waals surface area contributed by atoms with E-state index in [1.54, 1.807) is 0 Å². The van der Waals surface area contributed by atoms with E-state index >= 15 is 0 Å². The highest BCUT2D eigenvalue weighted by Gasteiger charge is 2.20. The van der Waals surface area contributed by atoms with Gasteiger partial charge in [0.15, 0.2) is 0 Å². The Labute approximate surface area is 114 Å². The molecule has 1 N–H and O–H groups in total. The third-order valence-corrected chi connectivity index (χ3v) is 3.50. The summed E-state index contributed by atoms with van der Waals surface area (Å²) in [6.07, 6.45) is 2.74. The zero-order valence-corrected chi connectivity index (χ0v) is 12.1. The van der Waals surface area contributed by atoms with Crippen LogP contribution in [0.4, 0.5) is 0 Å². The van der Waals surface area contributed by atoms with Gasteiger partial charge in [0.1, 0.15) is 0 Å². The maximum atomic E-state index is 4.51. The Hall–Kier alpha value is -1.68. The molecule has 0 saturated carbocycles. The maximum Gasteiger partial charge on any atom is 0.0644 e. The molecular formula is C15H22N4. The number of aromatic nitrogens is 3. The van der Waals surface area contributed by atoms with Gasteiger partial charge in [-0.25, -0.2) is 0 Å². The quantitative estimate of drug-likeness (QED) is 0.895. The molecule has 0 bridgehead atoms. The number of pyridine rings is 1. The summed E-state index contributed by atoms with van der Waals surface area (Å²) in [5.41, 5.74) is 4.73. The van der Waals surface area contributed by atoms with E-state index in [-0.39, 0.29) is 6.04 Å². The molecule has 19 heavy (non-hydrogen) atoms. The van der Waals surface area contributed by atoms with Gasteiger partial charge < -0.3 is 5.32 Å². The highest BCUT2D eigenvalue weighted by atomic mass is 15.3. The average Bonchev–Trinajstić information content (AvgIpc) is 2.64. The van der Waals surface area contributed by atoms with Crippen molar-refractivity contribution in [2.45, 2.75) is 33.2 Å². The molecule has 4 nitrogen and oxygen atoms in total. The van der Waals surface area contributed by atoms with Crippen LogP contribution in [-0.4, -0.2) is 21.3 Å². The van der Waals surface area contributed by atoms with Gasteiger partial charge in [0.2, 0.25) is 0 Å². The lowest BCUT2D eigenvalue weighted by molar-refractivity contribution is 0.538. The second-order valence-corrected chi connectivity index (χ2v) is 4.84. The van der Waals surface area contributed by atoms with Crippen LogP contribution in [0.5, 0.6) is 0 Å². The van der Waals surface area contributed by atoms with Crippen molar-refractivity contribution in [3.05, 3.63) is 47.0 Å². The molecule has 2 heterocycles. The average molecular weight is 258 g/mol. The summed E-state index contributed by atoms with van der Waals surface area (Å²) < 4.78 is 1.95. The fraction of sp³-hybridized carbons (Fsp3) is 0.467. The minimum Gasteiger partial charge on any atom is -0.310 e. The fourth-order valence-corrected chi connectivity index (χ4v) is 2.54. The third-order valence-electron chi connectivity index (χ3n) is 3.50. The molecule has 1 atom stereocenters. The van der Waals surface area contributed by atoms with Gasteiger partial charge in [0.05, 0.1) is 5.69 Å². The van der Waals surface area contributed by atoms with Crippen LogP contribution in [0.2, 0.25) is 0 Å². The van der Waals surface area contributed by atoms with Gasteiger partial charge in [0.25, 0.3) is 0 Å². The Bertz CT molecular complexity index is 531. The molecule has 0 amide bonds. The van der Waals surface area contributed by atoms with Crippen molar-refractivity contribution in [1.82, 2.24) is 20.1 Å². The monoisotopic (exact) mass is 258 g/mol. The number of nitrogens with zero attached hydrogens (tertiary/aromatic N) is 3. The minimum atomic E-state index is 0.272. The fourth-order valence-electron chi connectivity index (χ4n) is 2.54. The summed E-state index contributed by atoms with van der Waals surface area (Å²) in [5, 5.41) is 8.06. The van der Waals surface area contributed by atoms with Crippen molar-refractivity contribution in [2.75, 3.05) is 6.54 Å². The predicted octanol–water partition coefficient (Wildman–Crippen LogP) is 2.33. The second kappa shape index (κ2) is 5.97. The number of likely N-dealkylation sites (N-methyl/N-ethyl adjacent to an activating group) is 1. The van der Waals surface area contributed by atoms with Crippen LogP contribution < -0.4 is 5.32 Å². The van der Waals surface area contributed by atoms with Crippen LogP contribution in [0, 0.1) is 13.8 Å². The summed E-state index contributed by atoms with van der Waals surface area (Å²) >= 11 is 0. The van der Waals surface area contributed by atoms with E-state index in [2.05, 4.69) is 42.2 Å². The number of nitrogens with one attached hydrogen (secondary N) is 1. The molecule has 2 aromatic rings.